The summed E-state index contributed by atoms with van der Waals surface area (Å²) in [5.74, 6) is 0. The summed E-state index contributed by atoms with van der Waals surface area (Å²) < 4.78 is 0. The van der Waals surface area contributed by atoms with E-state index in [2.05, 4.69) is 122 Å². The minimum Gasteiger partial charge on any atom is -0.0984 e. The lowest BCUT2D eigenvalue weighted by Crippen LogP contribution is -2.00. The number of benzene rings is 4. The van der Waals surface area contributed by atoms with Crippen molar-refractivity contribution in [3.05, 3.63) is 156 Å². The Morgan fingerprint density at radius 3 is 1.13 bits per heavy atom. The second-order valence-corrected chi connectivity index (χ2v) is 7.06. The van der Waals surface area contributed by atoms with Gasteiger partial charge in [0.15, 0.2) is 0 Å². The highest BCUT2D eigenvalue weighted by molar-refractivity contribution is 6.06. The molecule has 144 valence electrons. The summed E-state index contributed by atoms with van der Waals surface area (Å²) in [5.41, 5.74) is 9.27. The maximum atomic E-state index is 4.07. The van der Waals surface area contributed by atoms with E-state index in [0.717, 1.165) is 22.3 Å². The summed E-state index contributed by atoms with van der Waals surface area (Å²) in [6.45, 7) is 8.13. The zero-order valence-corrected chi connectivity index (χ0v) is 17.0. The molecule has 0 bridgehead atoms. The van der Waals surface area contributed by atoms with E-state index in [-0.39, 0.29) is 0 Å². The SMILES string of the molecule is C=Cc1ccccc1C(=C(c1ccccc1)c1ccccc1C=C)c1ccccc1. The van der Waals surface area contributed by atoms with Crippen LogP contribution in [-0.2, 0) is 0 Å². The number of rotatable bonds is 6. The average molecular weight is 385 g/mol. The van der Waals surface area contributed by atoms with E-state index in [1.807, 2.05) is 12.2 Å². The maximum absolute atomic E-state index is 4.07. The zero-order valence-electron chi connectivity index (χ0n) is 17.0. The van der Waals surface area contributed by atoms with Crippen LogP contribution in [0.5, 0.6) is 0 Å². The summed E-state index contributed by atoms with van der Waals surface area (Å²) in [6, 6.07) is 38.1. The van der Waals surface area contributed by atoms with Gasteiger partial charge in [0, 0.05) is 0 Å². The molecule has 0 radical (unpaired) electrons. The molecule has 0 unspecified atom stereocenters. The van der Waals surface area contributed by atoms with Gasteiger partial charge in [-0.25, -0.2) is 0 Å². The lowest BCUT2D eigenvalue weighted by atomic mass is 9.83. The van der Waals surface area contributed by atoms with E-state index < -0.39 is 0 Å². The molecule has 0 heteroatoms. The molecule has 30 heavy (non-hydrogen) atoms. The molecule has 0 aliphatic heterocycles. The Bertz CT molecular complexity index is 1100. The number of hydrogen-bond donors (Lipinski definition) is 0. The molecular formula is C30H24. The van der Waals surface area contributed by atoms with Crippen molar-refractivity contribution in [3.8, 4) is 0 Å². The Kier molecular flexibility index (Phi) is 5.87. The Labute approximate surface area is 179 Å². The predicted molar refractivity (Wildman–Crippen MR) is 131 cm³/mol. The molecule has 0 amide bonds. The van der Waals surface area contributed by atoms with Crippen molar-refractivity contribution in [2.45, 2.75) is 0 Å². The first kappa shape index (κ1) is 19.4. The van der Waals surface area contributed by atoms with Gasteiger partial charge in [-0.05, 0) is 44.5 Å². The third kappa shape index (κ3) is 3.81. The van der Waals surface area contributed by atoms with Crippen LogP contribution in [0, 0.1) is 0 Å². The summed E-state index contributed by atoms with van der Waals surface area (Å²) in [5, 5.41) is 0. The Balaban J connectivity index is 2.19. The third-order valence-electron chi connectivity index (χ3n) is 5.28. The lowest BCUT2D eigenvalue weighted by molar-refractivity contribution is 1.48. The van der Waals surface area contributed by atoms with Crippen LogP contribution in [0.25, 0.3) is 23.3 Å². The van der Waals surface area contributed by atoms with Crippen LogP contribution in [0.2, 0.25) is 0 Å². The van der Waals surface area contributed by atoms with Crippen LogP contribution in [0.4, 0.5) is 0 Å². The minimum absolute atomic E-state index is 1.11. The molecular weight excluding hydrogens is 360 g/mol. The summed E-state index contributed by atoms with van der Waals surface area (Å²) >= 11 is 0. The average Bonchev–Trinajstić information content (AvgIpc) is 2.83. The first-order valence-electron chi connectivity index (χ1n) is 10.1. The van der Waals surface area contributed by atoms with Crippen LogP contribution >= 0.6 is 0 Å². The fraction of sp³-hybridized carbons (Fsp3) is 0. The van der Waals surface area contributed by atoms with Crippen molar-refractivity contribution in [2.24, 2.45) is 0 Å². The molecule has 0 N–H and O–H groups in total. The van der Waals surface area contributed by atoms with Gasteiger partial charge in [-0.3, -0.25) is 0 Å². The summed E-state index contributed by atoms with van der Waals surface area (Å²) in [4.78, 5) is 0. The van der Waals surface area contributed by atoms with Crippen LogP contribution in [-0.4, -0.2) is 0 Å². The van der Waals surface area contributed by atoms with E-state index in [1.54, 1.807) is 0 Å². The molecule has 4 aromatic carbocycles. The van der Waals surface area contributed by atoms with E-state index in [4.69, 9.17) is 0 Å². The van der Waals surface area contributed by atoms with Crippen molar-refractivity contribution in [1.29, 1.82) is 0 Å². The third-order valence-corrected chi connectivity index (χ3v) is 5.28. The first-order chi connectivity index (χ1) is 14.8. The van der Waals surface area contributed by atoms with Gasteiger partial charge in [0.25, 0.3) is 0 Å². The van der Waals surface area contributed by atoms with Crippen molar-refractivity contribution in [3.63, 3.8) is 0 Å². The summed E-state index contributed by atoms with van der Waals surface area (Å²) in [7, 11) is 0. The molecule has 0 atom stereocenters. The highest BCUT2D eigenvalue weighted by atomic mass is 14.2. The second-order valence-electron chi connectivity index (χ2n) is 7.06. The molecule has 4 aromatic rings. The van der Waals surface area contributed by atoms with E-state index in [1.165, 1.54) is 22.3 Å². The molecule has 0 nitrogen and oxygen atoms in total. The van der Waals surface area contributed by atoms with E-state index >= 15 is 0 Å². The van der Waals surface area contributed by atoms with E-state index in [9.17, 15) is 0 Å². The van der Waals surface area contributed by atoms with Crippen LogP contribution in [0.3, 0.4) is 0 Å². The quantitative estimate of drug-likeness (QED) is 0.296. The Morgan fingerprint density at radius 1 is 0.433 bits per heavy atom. The van der Waals surface area contributed by atoms with Gasteiger partial charge in [0.1, 0.15) is 0 Å². The topological polar surface area (TPSA) is 0 Å². The highest BCUT2D eigenvalue weighted by Gasteiger charge is 2.18. The molecule has 0 aliphatic rings. The van der Waals surface area contributed by atoms with Crippen molar-refractivity contribution >= 4 is 23.3 Å². The van der Waals surface area contributed by atoms with Gasteiger partial charge >= 0.3 is 0 Å². The smallest absolute Gasteiger partial charge is 0.00206 e. The fourth-order valence-corrected chi connectivity index (χ4v) is 3.88. The molecule has 4 rings (SSSR count). The highest BCUT2D eigenvalue weighted by Crippen LogP contribution is 2.39. The fourth-order valence-electron chi connectivity index (χ4n) is 3.88. The van der Waals surface area contributed by atoms with Gasteiger partial charge in [0.05, 0.1) is 0 Å². The standard InChI is InChI=1S/C30H24/c1-3-23-15-11-13-21-27(23)29(25-17-7-5-8-18-25)30(26-19-9-6-10-20-26)28-22-14-12-16-24(28)4-2/h3-22H,1-2H2. The van der Waals surface area contributed by atoms with Crippen LogP contribution in [0.15, 0.2) is 122 Å². The van der Waals surface area contributed by atoms with Crippen molar-refractivity contribution in [1.82, 2.24) is 0 Å². The largest absolute Gasteiger partial charge is 0.0984 e. The molecule has 0 saturated heterocycles. The molecule has 0 fully saturated rings. The Morgan fingerprint density at radius 2 is 0.767 bits per heavy atom. The van der Waals surface area contributed by atoms with Gasteiger partial charge in [0.2, 0.25) is 0 Å². The molecule has 0 heterocycles. The van der Waals surface area contributed by atoms with Crippen LogP contribution in [0.1, 0.15) is 33.4 Å². The summed E-state index contributed by atoms with van der Waals surface area (Å²) in [6.07, 6.45) is 3.86. The Hall–Kier alpha value is -3.90. The minimum atomic E-state index is 1.11. The van der Waals surface area contributed by atoms with Crippen LogP contribution < -0.4 is 0 Å². The first-order valence-corrected chi connectivity index (χ1v) is 10.1. The monoisotopic (exact) mass is 384 g/mol. The molecule has 0 aromatic heterocycles. The van der Waals surface area contributed by atoms with Crippen molar-refractivity contribution < 1.29 is 0 Å². The van der Waals surface area contributed by atoms with Gasteiger partial charge in [-0.2, -0.15) is 0 Å². The van der Waals surface area contributed by atoms with Gasteiger partial charge in [-0.1, -0.05) is 135 Å². The van der Waals surface area contributed by atoms with Gasteiger partial charge < -0.3 is 0 Å². The molecule has 0 spiro atoms. The zero-order chi connectivity index (χ0) is 20.8. The second kappa shape index (κ2) is 9.07. The molecule has 0 saturated carbocycles. The van der Waals surface area contributed by atoms with Crippen molar-refractivity contribution in [2.75, 3.05) is 0 Å². The lowest BCUT2D eigenvalue weighted by Gasteiger charge is -2.21. The predicted octanol–water partition coefficient (Wildman–Crippen LogP) is 7.98. The van der Waals surface area contributed by atoms with E-state index in [0.29, 0.717) is 0 Å². The molecule has 0 aliphatic carbocycles. The number of hydrogen-bond acceptors (Lipinski definition) is 0. The van der Waals surface area contributed by atoms with Gasteiger partial charge in [-0.15, -0.1) is 0 Å². The maximum Gasteiger partial charge on any atom is -0.00206 e. The normalized spacial score (nSPS) is 11.5.